The van der Waals surface area contributed by atoms with E-state index in [4.69, 9.17) is 5.73 Å². The number of aromatic nitrogens is 4. The first-order valence-corrected chi connectivity index (χ1v) is 5.06. The van der Waals surface area contributed by atoms with Crippen LogP contribution in [0.1, 0.15) is 6.92 Å². The lowest BCUT2D eigenvalue weighted by Gasteiger charge is -2.08. The van der Waals surface area contributed by atoms with E-state index in [1.807, 2.05) is 6.07 Å². The van der Waals surface area contributed by atoms with Crippen LogP contribution in [0, 0.1) is 0 Å². The van der Waals surface area contributed by atoms with Crippen LogP contribution in [0.4, 0.5) is 5.69 Å². The number of rotatable bonds is 3. The van der Waals surface area contributed by atoms with Gasteiger partial charge in [0, 0.05) is 5.69 Å². The number of benzene rings is 1. The summed E-state index contributed by atoms with van der Waals surface area (Å²) in [7, 11) is 0. The zero-order valence-electron chi connectivity index (χ0n) is 9.24. The Morgan fingerprint density at radius 1 is 1.53 bits per heavy atom. The van der Waals surface area contributed by atoms with Crippen LogP contribution in [0.25, 0.3) is 5.69 Å². The first kappa shape index (κ1) is 11.2. The standard InChI is InChI=1S/C10H12N6O/c1-7(11)10(17)13-8-3-2-4-9(5-8)16-6-12-14-15-16/h2-7H,11H2,1H3,(H,13,17). The maximum absolute atomic E-state index is 11.4. The molecule has 0 aliphatic heterocycles. The van der Waals surface area contributed by atoms with Gasteiger partial charge in [0.2, 0.25) is 5.91 Å². The van der Waals surface area contributed by atoms with Crippen LogP contribution in [-0.2, 0) is 4.79 Å². The van der Waals surface area contributed by atoms with E-state index in [2.05, 4.69) is 20.8 Å². The van der Waals surface area contributed by atoms with Crippen LogP contribution in [0.15, 0.2) is 30.6 Å². The van der Waals surface area contributed by atoms with Gasteiger partial charge in [-0.05, 0) is 35.5 Å². The van der Waals surface area contributed by atoms with Crippen molar-refractivity contribution in [2.75, 3.05) is 5.32 Å². The van der Waals surface area contributed by atoms with E-state index in [-0.39, 0.29) is 5.91 Å². The topological polar surface area (TPSA) is 98.7 Å². The summed E-state index contributed by atoms with van der Waals surface area (Å²) in [4.78, 5) is 11.4. The Balaban J connectivity index is 2.20. The van der Waals surface area contributed by atoms with Gasteiger partial charge in [-0.15, -0.1) is 5.10 Å². The van der Waals surface area contributed by atoms with E-state index in [0.717, 1.165) is 5.69 Å². The molecule has 88 valence electrons. The van der Waals surface area contributed by atoms with E-state index < -0.39 is 6.04 Å². The Morgan fingerprint density at radius 2 is 2.35 bits per heavy atom. The molecular formula is C10H12N6O. The summed E-state index contributed by atoms with van der Waals surface area (Å²) < 4.78 is 1.50. The molecule has 1 unspecified atom stereocenters. The quantitative estimate of drug-likeness (QED) is 0.772. The molecule has 0 radical (unpaired) electrons. The number of carbonyl (C=O) groups is 1. The molecule has 0 spiro atoms. The second kappa shape index (κ2) is 4.71. The Bertz CT molecular complexity index is 507. The molecule has 1 aromatic carbocycles. The lowest BCUT2D eigenvalue weighted by molar-refractivity contribution is -0.117. The van der Waals surface area contributed by atoms with Gasteiger partial charge in [0.15, 0.2) is 0 Å². The number of nitrogens with two attached hydrogens (primary N) is 1. The number of amides is 1. The molecule has 1 amide bonds. The van der Waals surface area contributed by atoms with E-state index >= 15 is 0 Å². The highest BCUT2D eigenvalue weighted by Gasteiger charge is 2.08. The summed E-state index contributed by atoms with van der Waals surface area (Å²) in [6.07, 6.45) is 1.48. The third-order valence-electron chi connectivity index (χ3n) is 2.14. The van der Waals surface area contributed by atoms with Crippen molar-refractivity contribution in [3.63, 3.8) is 0 Å². The van der Waals surface area contributed by atoms with E-state index in [0.29, 0.717) is 5.69 Å². The molecule has 2 aromatic rings. The Labute approximate surface area is 97.6 Å². The first-order valence-electron chi connectivity index (χ1n) is 5.06. The second-order valence-corrected chi connectivity index (χ2v) is 3.58. The summed E-state index contributed by atoms with van der Waals surface area (Å²) >= 11 is 0. The molecule has 2 rings (SSSR count). The monoisotopic (exact) mass is 232 g/mol. The summed E-state index contributed by atoms with van der Waals surface area (Å²) in [6.45, 7) is 1.63. The fourth-order valence-electron chi connectivity index (χ4n) is 1.26. The number of tetrazole rings is 1. The molecule has 1 aromatic heterocycles. The molecule has 0 bridgehead atoms. The fourth-order valence-corrected chi connectivity index (χ4v) is 1.26. The molecule has 0 aliphatic carbocycles. The van der Waals surface area contributed by atoms with E-state index in [1.165, 1.54) is 11.0 Å². The number of hydrogen-bond acceptors (Lipinski definition) is 5. The van der Waals surface area contributed by atoms with Crippen LogP contribution in [-0.4, -0.2) is 32.2 Å². The van der Waals surface area contributed by atoms with Gasteiger partial charge in [-0.3, -0.25) is 4.79 Å². The van der Waals surface area contributed by atoms with Crippen LogP contribution < -0.4 is 11.1 Å². The van der Waals surface area contributed by atoms with Gasteiger partial charge < -0.3 is 11.1 Å². The van der Waals surface area contributed by atoms with Crippen molar-refractivity contribution in [3.05, 3.63) is 30.6 Å². The van der Waals surface area contributed by atoms with Crippen molar-refractivity contribution in [1.82, 2.24) is 20.2 Å². The summed E-state index contributed by atoms with van der Waals surface area (Å²) in [5.74, 6) is -0.237. The lowest BCUT2D eigenvalue weighted by Crippen LogP contribution is -2.32. The SMILES string of the molecule is CC(N)C(=O)Nc1cccc(-n2cnnn2)c1. The zero-order valence-corrected chi connectivity index (χ0v) is 9.24. The second-order valence-electron chi connectivity index (χ2n) is 3.58. The van der Waals surface area contributed by atoms with Gasteiger partial charge in [0.25, 0.3) is 0 Å². The molecule has 7 nitrogen and oxygen atoms in total. The highest BCUT2D eigenvalue weighted by atomic mass is 16.2. The Hall–Kier alpha value is -2.28. The van der Waals surface area contributed by atoms with E-state index in [9.17, 15) is 4.79 Å². The molecule has 1 heterocycles. The molecule has 0 fully saturated rings. The van der Waals surface area contributed by atoms with E-state index in [1.54, 1.807) is 25.1 Å². The van der Waals surface area contributed by atoms with Gasteiger partial charge in [-0.2, -0.15) is 0 Å². The van der Waals surface area contributed by atoms with Crippen molar-refractivity contribution in [3.8, 4) is 5.69 Å². The molecule has 0 saturated carbocycles. The highest BCUT2D eigenvalue weighted by molar-refractivity contribution is 5.94. The highest BCUT2D eigenvalue weighted by Crippen LogP contribution is 2.13. The molecule has 7 heteroatoms. The normalized spacial score (nSPS) is 12.1. The Morgan fingerprint density at radius 3 is 3.00 bits per heavy atom. The van der Waals surface area contributed by atoms with Crippen LogP contribution in [0.2, 0.25) is 0 Å². The molecule has 1 atom stereocenters. The van der Waals surface area contributed by atoms with Crippen LogP contribution >= 0.6 is 0 Å². The van der Waals surface area contributed by atoms with Crippen molar-refractivity contribution < 1.29 is 4.79 Å². The molecule has 0 saturated heterocycles. The van der Waals surface area contributed by atoms with Crippen molar-refractivity contribution >= 4 is 11.6 Å². The van der Waals surface area contributed by atoms with Gasteiger partial charge in [-0.1, -0.05) is 6.07 Å². The number of anilines is 1. The average Bonchev–Trinajstić information content (AvgIpc) is 2.82. The molecule has 0 aliphatic rings. The zero-order chi connectivity index (χ0) is 12.3. The fraction of sp³-hybridized carbons (Fsp3) is 0.200. The van der Waals surface area contributed by atoms with Gasteiger partial charge >= 0.3 is 0 Å². The molecular weight excluding hydrogens is 220 g/mol. The van der Waals surface area contributed by atoms with Crippen LogP contribution in [0.5, 0.6) is 0 Å². The summed E-state index contributed by atoms with van der Waals surface area (Å²) in [5, 5.41) is 13.5. The minimum Gasteiger partial charge on any atom is -0.325 e. The minimum atomic E-state index is -0.549. The number of carbonyl (C=O) groups excluding carboxylic acids is 1. The van der Waals surface area contributed by atoms with Crippen molar-refractivity contribution in [1.29, 1.82) is 0 Å². The Kier molecular flexibility index (Phi) is 3.10. The molecule has 17 heavy (non-hydrogen) atoms. The average molecular weight is 232 g/mol. The third kappa shape index (κ3) is 2.64. The maximum atomic E-state index is 11.4. The first-order chi connectivity index (χ1) is 8.16. The largest absolute Gasteiger partial charge is 0.325 e. The number of nitrogens with zero attached hydrogens (tertiary/aromatic N) is 4. The molecule has 3 N–H and O–H groups in total. The number of hydrogen-bond donors (Lipinski definition) is 2. The van der Waals surface area contributed by atoms with Gasteiger partial charge in [0.05, 0.1) is 11.7 Å². The van der Waals surface area contributed by atoms with Gasteiger partial charge in [-0.25, -0.2) is 4.68 Å². The third-order valence-corrected chi connectivity index (χ3v) is 2.14. The van der Waals surface area contributed by atoms with Crippen molar-refractivity contribution in [2.24, 2.45) is 5.73 Å². The summed E-state index contributed by atoms with van der Waals surface area (Å²) in [6, 6.07) is 6.61. The summed E-state index contributed by atoms with van der Waals surface area (Å²) in [5.41, 5.74) is 6.88. The minimum absolute atomic E-state index is 0.237. The lowest BCUT2D eigenvalue weighted by atomic mass is 10.2. The predicted molar refractivity (Wildman–Crippen MR) is 61.4 cm³/mol. The van der Waals surface area contributed by atoms with Crippen LogP contribution in [0.3, 0.4) is 0 Å². The predicted octanol–water partition coefficient (Wildman–Crippen LogP) is -0.0520. The smallest absolute Gasteiger partial charge is 0.240 e. The van der Waals surface area contributed by atoms with Crippen molar-refractivity contribution in [2.45, 2.75) is 13.0 Å². The number of nitrogens with one attached hydrogen (secondary N) is 1. The van der Waals surface area contributed by atoms with Gasteiger partial charge in [0.1, 0.15) is 6.33 Å². The maximum Gasteiger partial charge on any atom is 0.240 e.